The van der Waals surface area contributed by atoms with Gasteiger partial charge in [-0.1, -0.05) is 26.7 Å². The summed E-state index contributed by atoms with van der Waals surface area (Å²) in [4.78, 5) is 0.0331. The molecule has 0 amide bonds. The van der Waals surface area contributed by atoms with E-state index in [1.54, 1.807) is 0 Å². The lowest BCUT2D eigenvalue weighted by Gasteiger charge is -2.13. The third kappa shape index (κ3) is 3.43. The number of hydrogen-bond donors (Lipinski definition) is 1. The predicted molar refractivity (Wildman–Crippen MR) is 66.9 cm³/mol. The van der Waals surface area contributed by atoms with E-state index >= 15 is 0 Å². The standard InChI is InChI=1S/C12H18FNO2S/c1-3-9(4-2)8-17(15,16)12-6-5-10(13)7-11(12)14/h5-7,9H,3-4,8,14H2,1-2H3. The molecule has 0 atom stereocenters. The van der Waals surface area contributed by atoms with Gasteiger partial charge in [-0.2, -0.15) is 0 Å². The summed E-state index contributed by atoms with van der Waals surface area (Å²) in [5.41, 5.74) is 5.53. The number of hydrogen-bond acceptors (Lipinski definition) is 3. The zero-order valence-electron chi connectivity index (χ0n) is 10.1. The van der Waals surface area contributed by atoms with Crippen LogP contribution in [0.3, 0.4) is 0 Å². The van der Waals surface area contributed by atoms with E-state index in [-0.39, 0.29) is 22.3 Å². The molecule has 0 saturated heterocycles. The smallest absolute Gasteiger partial charge is 0.180 e. The Morgan fingerprint density at radius 1 is 1.29 bits per heavy atom. The highest BCUT2D eigenvalue weighted by Crippen LogP contribution is 2.23. The Kier molecular flexibility index (Phi) is 4.51. The van der Waals surface area contributed by atoms with E-state index in [1.165, 1.54) is 6.07 Å². The third-order valence-corrected chi connectivity index (χ3v) is 4.87. The highest BCUT2D eigenvalue weighted by atomic mass is 32.2. The van der Waals surface area contributed by atoms with E-state index in [2.05, 4.69) is 0 Å². The van der Waals surface area contributed by atoms with Crippen LogP contribution < -0.4 is 5.73 Å². The Labute approximate surface area is 102 Å². The van der Waals surface area contributed by atoms with Crippen LogP contribution in [0.4, 0.5) is 10.1 Å². The zero-order valence-corrected chi connectivity index (χ0v) is 10.9. The van der Waals surface area contributed by atoms with Crippen LogP contribution in [0.25, 0.3) is 0 Å². The van der Waals surface area contributed by atoms with Crippen molar-refractivity contribution in [3.63, 3.8) is 0 Å². The molecular formula is C12H18FNO2S. The molecule has 0 unspecified atom stereocenters. The molecule has 0 aliphatic heterocycles. The molecule has 96 valence electrons. The first-order valence-electron chi connectivity index (χ1n) is 5.68. The van der Waals surface area contributed by atoms with Crippen LogP contribution in [0, 0.1) is 11.7 Å². The molecule has 0 bridgehead atoms. The Morgan fingerprint density at radius 3 is 2.35 bits per heavy atom. The summed E-state index contributed by atoms with van der Waals surface area (Å²) in [6, 6.07) is 3.40. The van der Waals surface area contributed by atoms with Crippen LogP contribution in [0.5, 0.6) is 0 Å². The summed E-state index contributed by atoms with van der Waals surface area (Å²) < 4.78 is 37.0. The van der Waals surface area contributed by atoms with Gasteiger partial charge in [-0.3, -0.25) is 0 Å². The van der Waals surface area contributed by atoms with Gasteiger partial charge in [0.15, 0.2) is 9.84 Å². The van der Waals surface area contributed by atoms with Crippen LogP contribution >= 0.6 is 0 Å². The van der Waals surface area contributed by atoms with Gasteiger partial charge in [0.05, 0.1) is 16.3 Å². The van der Waals surface area contributed by atoms with Gasteiger partial charge < -0.3 is 5.73 Å². The van der Waals surface area contributed by atoms with Crippen molar-refractivity contribution >= 4 is 15.5 Å². The van der Waals surface area contributed by atoms with Crippen molar-refractivity contribution in [2.24, 2.45) is 5.92 Å². The molecule has 17 heavy (non-hydrogen) atoms. The van der Waals surface area contributed by atoms with Crippen molar-refractivity contribution in [2.75, 3.05) is 11.5 Å². The molecule has 0 aliphatic carbocycles. The second-order valence-electron chi connectivity index (χ2n) is 4.15. The normalized spacial score (nSPS) is 12.0. The molecule has 0 heterocycles. The molecule has 0 radical (unpaired) electrons. The Morgan fingerprint density at radius 2 is 1.88 bits per heavy atom. The average Bonchev–Trinajstić information content (AvgIpc) is 2.25. The first-order valence-corrected chi connectivity index (χ1v) is 7.33. The van der Waals surface area contributed by atoms with Crippen LogP contribution in [0.2, 0.25) is 0 Å². The molecule has 3 nitrogen and oxygen atoms in total. The number of nitrogens with two attached hydrogens (primary N) is 1. The Hall–Kier alpha value is -1.10. The maximum atomic E-state index is 12.9. The van der Waals surface area contributed by atoms with Gasteiger partial charge in [-0.05, 0) is 24.1 Å². The van der Waals surface area contributed by atoms with E-state index in [0.29, 0.717) is 0 Å². The van der Waals surface area contributed by atoms with Crippen molar-refractivity contribution in [1.29, 1.82) is 0 Å². The van der Waals surface area contributed by atoms with E-state index in [4.69, 9.17) is 5.73 Å². The van der Waals surface area contributed by atoms with Gasteiger partial charge in [0.2, 0.25) is 0 Å². The number of halogens is 1. The highest BCUT2D eigenvalue weighted by Gasteiger charge is 2.21. The van der Waals surface area contributed by atoms with Gasteiger partial charge in [-0.15, -0.1) is 0 Å². The lowest BCUT2D eigenvalue weighted by Crippen LogP contribution is -2.16. The van der Waals surface area contributed by atoms with Gasteiger partial charge >= 0.3 is 0 Å². The summed E-state index contributed by atoms with van der Waals surface area (Å²) in [5.74, 6) is -0.344. The molecule has 2 N–H and O–H groups in total. The molecular weight excluding hydrogens is 241 g/mol. The lowest BCUT2D eigenvalue weighted by molar-refractivity contribution is 0.523. The summed E-state index contributed by atoms with van der Waals surface area (Å²) >= 11 is 0. The largest absolute Gasteiger partial charge is 0.398 e. The fourth-order valence-electron chi connectivity index (χ4n) is 1.73. The average molecular weight is 259 g/mol. The molecule has 0 aliphatic rings. The molecule has 0 fully saturated rings. The number of sulfone groups is 1. The molecule has 1 aromatic rings. The van der Waals surface area contributed by atoms with E-state index in [9.17, 15) is 12.8 Å². The maximum absolute atomic E-state index is 12.9. The minimum absolute atomic E-state index is 0.0176. The van der Waals surface area contributed by atoms with Crippen molar-refractivity contribution in [3.8, 4) is 0 Å². The fraction of sp³-hybridized carbons (Fsp3) is 0.500. The second-order valence-corrected chi connectivity index (χ2v) is 6.15. The van der Waals surface area contributed by atoms with Crippen LogP contribution in [-0.2, 0) is 9.84 Å². The summed E-state index contributed by atoms with van der Waals surface area (Å²) in [7, 11) is -3.42. The fourth-order valence-corrected chi connectivity index (χ4v) is 3.69. The Balaban J connectivity index is 3.05. The monoisotopic (exact) mass is 259 g/mol. The molecule has 0 saturated carbocycles. The first-order chi connectivity index (χ1) is 7.90. The van der Waals surface area contributed by atoms with Gasteiger partial charge in [0, 0.05) is 0 Å². The Bertz CT molecular complexity index is 481. The topological polar surface area (TPSA) is 60.2 Å². The summed E-state index contributed by atoms with van der Waals surface area (Å²) in [6.45, 7) is 3.91. The quantitative estimate of drug-likeness (QED) is 0.653. The maximum Gasteiger partial charge on any atom is 0.180 e. The van der Waals surface area contributed by atoms with Crippen molar-refractivity contribution in [2.45, 2.75) is 31.6 Å². The van der Waals surface area contributed by atoms with Gasteiger partial charge in [0.25, 0.3) is 0 Å². The minimum Gasteiger partial charge on any atom is -0.398 e. The van der Waals surface area contributed by atoms with Crippen LogP contribution in [-0.4, -0.2) is 14.2 Å². The lowest BCUT2D eigenvalue weighted by atomic mass is 10.1. The van der Waals surface area contributed by atoms with Gasteiger partial charge in [-0.25, -0.2) is 12.8 Å². The highest BCUT2D eigenvalue weighted by molar-refractivity contribution is 7.91. The molecule has 1 aromatic carbocycles. The minimum atomic E-state index is -3.42. The van der Waals surface area contributed by atoms with E-state index in [1.807, 2.05) is 13.8 Å². The molecule has 0 spiro atoms. The molecule has 0 aromatic heterocycles. The van der Waals surface area contributed by atoms with Crippen LogP contribution in [0.15, 0.2) is 23.1 Å². The van der Waals surface area contributed by atoms with Gasteiger partial charge in [0.1, 0.15) is 5.82 Å². The van der Waals surface area contributed by atoms with E-state index < -0.39 is 15.7 Å². The number of nitrogen functional groups attached to an aromatic ring is 1. The van der Waals surface area contributed by atoms with Crippen molar-refractivity contribution in [3.05, 3.63) is 24.0 Å². The molecule has 1 rings (SSSR count). The first kappa shape index (κ1) is 14.0. The predicted octanol–water partition coefficient (Wildman–Crippen LogP) is 2.62. The number of benzene rings is 1. The van der Waals surface area contributed by atoms with Crippen molar-refractivity contribution < 1.29 is 12.8 Å². The van der Waals surface area contributed by atoms with Crippen LogP contribution in [0.1, 0.15) is 26.7 Å². The van der Waals surface area contributed by atoms with Crippen molar-refractivity contribution in [1.82, 2.24) is 0 Å². The third-order valence-electron chi connectivity index (χ3n) is 2.92. The number of anilines is 1. The summed E-state index contributed by atoms with van der Waals surface area (Å²) in [5, 5.41) is 0. The summed E-state index contributed by atoms with van der Waals surface area (Å²) in [6.07, 6.45) is 1.60. The second kappa shape index (κ2) is 5.49. The molecule has 5 heteroatoms. The number of rotatable bonds is 5. The zero-order chi connectivity index (χ0) is 13.1. The van der Waals surface area contributed by atoms with E-state index in [0.717, 1.165) is 25.0 Å². The SMILES string of the molecule is CCC(CC)CS(=O)(=O)c1ccc(F)cc1N.